The third-order valence-corrected chi connectivity index (χ3v) is 4.32. The van der Waals surface area contributed by atoms with E-state index in [1.807, 2.05) is 0 Å². The van der Waals surface area contributed by atoms with E-state index in [4.69, 9.17) is 11.6 Å². The molecule has 2 atom stereocenters. The van der Waals surface area contributed by atoms with Gasteiger partial charge in [0.25, 0.3) is 0 Å². The van der Waals surface area contributed by atoms with Crippen LogP contribution in [0.15, 0.2) is 48.5 Å². The molecule has 1 unspecified atom stereocenters. The molecular weight excluding hydrogens is 400 g/mol. The highest BCUT2D eigenvalue weighted by Crippen LogP contribution is 2.32. The van der Waals surface area contributed by atoms with Crippen molar-refractivity contribution >= 4 is 23.4 Å². The van der Waals surface area contributed by atoms with Gasteiger partial charge in [-0.2, -0.15) is 13.2 Å². The molecule has 0 saturated heterocycles. The maximum absolute atomic E-state index is 14.3. The Balaban J connectivity index is 2.33. The van der Waals surface area contributed by atoms with Crippen LogP contribution in [0.4, 0.5) is 17.6 Å². The molecule has 0 saturated carbocycles. The SMILES string of the molecule is CCOC(=O)[C@@H](F)CC(C(=O)c1ccc(C(F)(F)F)cc1)c1ccc(Cl)cc1. The first kappa shape index (κ1) is 21.9. The Hall–Kier alpha value is -2.41. The minimum absolute atomic E-state index is 0.0162. The van der Waals surface area contributed by atoms with Gasteiger partial charge in [-0.1, -0.05) is 35.9 Å². The van der Waals surface area contributed by atoms with Crippen molar-refractivity contribution in [2.24, 2.45) is 0 Å². The van der Waals surface area contributed by atoms with Gasteiger partial charge in [-0.15, -0.1) is 0 Å². The molecule has 0 fully saturated rings. The first-order chi connectivity index (χ1) is 13.1. The number of rotatable bonds is 7. The number of carbonyl (C=O) groups is 2. The Bertz CT molecular complexity index is 817. The second-order valence-corrected chi connectivity index (χ2v) is 6.44. The lowest BCUT2D eigenvalue weighted by Gasteiger charge is -2.19. The zero-order chi connectivity index (χ0) is 20.9. The summed E-state index contributed by atoms with van der Waals surface area (Å²) in [4.78, 5) is 24.5. The first-order valence-electron chi connectivity index (χ1n) is 8.41. The van der Waals surface area contributed by atoms with Crippen LogP contribution in [0.3, 0.4) is 0 Å². The molecule has 0 spiro atoms. The lowest BCUT2D eigenvalue weighted by molar-refractivity contribution is -0.149. The Labute approximate surface area is 164 Å². The van der Waals surface area contributed by atoms with E-state index in [9.17, 15) is 27.2 Å². The molecule has 0 aliphatic rings. The first-order valence-corrected chi connectivity index (χ1v) is 8.79. The minimum atomic E-state index is -4.54. The molecule has 28 heavy (non-hydrogen) atoms. The van der Waals surface area contributed by atoms with Crippen molar-refractivity contribution in [1.82, 2.24) is 0 Å². The van der Waals surface area contributed by atoms with Crippen LogP contribution in [0.1, 0.15) is 40.7 Å². The summed E-state index contributed by atoms with van der Waals surface area (Å²) in [7, 11) is 0. The summed E-state index contributed by atoms with van der Waals surface area (Å²) < 4.78 is 57.1. The normalized spacial score (nSPS) is 13.6. The number of Topliss-reactive ketones (excluding diaryl/α,β-unsaturated/α-hetero) is 1. The number of alkyl halides is 4. The van der Waals surface area contributed by atoms with E-state index in [1.54, 1.807) is 0 Å². The van der Waals surface area contributed by atoms with Gasteiger partial charge in [0, 0.05) is 17.0 Å². The molecule has 0 aromatic heterocycles. The lowest BCUT2D eigenvalue weighted by atomic mass is 9.86. The predicted octanol–water partition coefficient (Wildman–Crippen LogP) is 5.62. The summed E-state index contributed by atoms with van der Waals surface area (Å²) in [5.41, 5.74) is -0.535. The highest BCUT2D eigenvalue weighted by atomic mass is 35.5. The van der Waals surface area contributed by atoms with Gasteiger partial charge in [-0.05, 0) is 36.8 Å². The number of carbonyl (C=O) groups excluding carboxylic acids is 2. The van der Waals surface area contributed by atoms with Crippen molar-refractivity contribution < 1.29 is 31.9 Å². The third kappa shape index (κ3) is 5.55. The smallest absolute Gasteiger partial charge is 0.416 e. The fourth-order valence-electron chi connectivity index (χ4n) is 2.65. The summed E-state index contributed by atoms with van der Waals surface area (Å²) >= 11 is 5.83. The van der Waals surface area contributed by atoms with E-state index in [1.165, 1.54) is 31.2 Å². The zero-order valence-electron chi connectivity index (χ0n) is 14.8. The highest BCUT2D eigenvalue weighted by Gasteiger charge is 2.32. The lowest BCUT2D eigenvalue weighted by Crippen LogP contribution is -2.25. The van der Waals surface area contributed by atoms with Gasteiger partial charge in [0.05, 0.1) is 18.1 Å². The molecule has 0 amide bonds. The molecule has 2 aromatic rings. The number of hydrogen-bond donors (Lipinski definition) is 0. The zero-order valence-corrected chi connectivity index (χ0v) is 15.6. The summed E-state index contributed by atoms with van der Waals surface area (Å²) in [5, 5.41) is 0.395. The fourth-order valence-corrected chi connectivity index (χ4v) is 2.78. The van der Waals surface area contributed by atoms with Gasteiger partial charge < -0.3 is 4.74 Å². The molecule has 3 nitrogen and oxygen atoms in total. The maximum Gasteiger partial charge on any atom is 0.416 e. The molecule has 2 rings (SSSR count). The van der Waals surface area contributed by atoms with Crippen LogP contribution in [0.2, 0.25) is 5.02 Å². The van der Waals surface area contributed by atoms with Crippen molar-refractivity contribution in [2.75, 3.05) is 6.61 Å². The van der Waals surface area contributed by atoms with Crippen molar-refractivity contribution in [3.63, 3.8) is 0 Å². The molecule has 0 bridgehead atoms. The Morgan fingerprint density at radius 1 is 1.04 bits per heavy atom. The van der Waals surface area contributed by atoms with E-state index in [2.05, 4.69) is 4.74 Å². The number of ether oxygens (including phenoxy) is 1. The van der Waals surface area contributed by atoms with Gasteiger partial charge in [-0.25, -0.2) is 9.18 Å². The molecule has 0 radical (unpaired) electrons. The standard InChI is InChI=1S/C20H17ClF4O3/c1-2-28-19(27)17(22)11-16(12-5-9-15(21)10-6-12)18(26)13-3-7-14(8-4-13)20(23,24)25/h3-10,16-17H,2,11H2,1H3/t16?,17-/m0/s1. The number of halogens is 5. The summed E-state index contributed by atoms with van der Waals surface area (Å²) in [6.45, 7) is 1.51. The van der Waals surface area contributed by atoms with Gasteiger partial charge >= 0.3 is 12.1 Å². The van der Waals surface area contributed by atoms with Crippen LogP contribution >= 0.6 is 11.6 Å². The number of ketones is 1. The summed E-state index contributed by atoms with van der Waals surface area (Å²) in [6, 6.07) is 9.65. The monoisotopic (exact) mass is 416 g/mol. The molecule has 0 heterocycles. The number of benzene rings is 2. The van der Waals surface area contributed by atoms with E-state index < -0.39 is 42.0 Å². The van der Waals surface area contributed by atoms with Gasteiger partial charge in [-0.3, -0.25) is 4.79 Å². The van der Waals surface area contributed by atoms with E-state index in [0.29, 0.717) is 10.6 Å². The van der Waals surface area contributed by atoms with Crippen molar-refractivity contribution in [3.8, 4) is 0 Å². The highest BCUT2D eigenvalue weighted by molar-refractivity contribution is 6.30. The topological polar surface area (TPSA) is 43.4 Å². The number of hydrogen-bond acceptors (Lipinski definition) is 3. The van der Waals surface area contributed by atoms with Gasteiger partial charge in [0.2, 0.25) is 0 Å². The fraction of sp³-hybridized carbons (Fsp3) is 0.300. The molecule has 0 N–H and O–H groups in total. The van der Waals surface area contributed by atoms with E-state index >= 15 is 0 Å². The van der Waals surface area contributed by atoms with Crippen LogP contribution in [-0.2, 0) is 15.7 Å². The van der Waals surface area contributed by atoms with Crippen LogP contribution in [0.5, 0.6) is 0 Å². The van der Waals surface area contributed by atoms with Crippen LogP contribution in [0, 0.1) is 0 Å². The van der Waals surface area contributed by atoms with Crippen LogP contribution in [-0.4, -0.2) is 24.5 Å². The molecule has 0 aliphatic heterocycles. The second-order valence-electron chi connectivity index (χ2n) is 6.00. The molecule has 150 valence electrons. The number of esters is 1. The van der Waals surface area contributed by atoms with E-state index in [-0.39, 0.29) is 12.2 Å². The Morgan fingerprint density at radius 2 is 1.61 bits per heavy atom. The van der Waals surface area contributed by atoms with E-state index in [0.717, 1.165) is 24.3 Å². The van der Waals surface area contributed by atoms with Crippen LogP contribution in [0.25, 0.3) is 0 Å². The molecule has 0 aliphatic carbocycles. The van der Waals surface area contributed by atoms with Gasteiger partial charge in [0.1, 0.15) is 0 Å². The molecule has 2 aromatic carbocycles. The second kappa shape index (κ2) is 9.19. The van der Waals surface area contributed by atoms with Crippen LogP contribution < -0.4 is 0 Å². The summed E-state index contributed by atoms with van der Waals surface area (Å²) in [6.07, 6.45) is -7.09. The maximum atomic E-state index is 14.3. The Morgan fingerprint density at radius 3 is 2.11 bits per heavy atom. The largest absolute Gasteiger partial charge is 0.464 e. The average molecular weight is 417 g/mol. The molecular formula is C20H17ClF4O3. The third-order valence-electron chi connectivity index (χ3n) is 4.07. The Kier molecular flexibility index (Phi) is 7.18. The quantitative estimate of drug-likeness (QED) is 0.334. The average Bonchev–Trinajstić information content (AvgIpc) is 2.66. The van der Waals surface area contributed by atoms with Crippen molar-refractivity contribution in [2.45, 2.75) is 31.6 Å². The summed E-state index contributed by atoms with van der Waals surface area (Å²) in [5.74, 6) is -2.79. The minimum Gasteiger partial charge on any atom is -0.464 e. The molecule has 8 heteroatoms. The predicted molar refractivity (Wildman–Crippen MR) is 96.1 cm³/mol. The van der Waals surface area contributed by atoms with Crippen molar-refractivity contribution in [1.29, 1.82) is 0 Å². The van der Waals surface area contributed by atoms with Gasteiger partial charge in [0.15, 0.2) is 12.0 Å². The van der Waals surface area contributed by atoms with Crippen molar-refractivity contribution in [3.05, 3.63) is 70.2 Å².